The quantitative estimate of drug-likeness (QED) is 0.728. The van der Waals surface area contributed by atoms with Gasteiger partial charge in [0.25, 0.3) is 5.91 Å². The van der Waals surface area contributed by atoms with Crippen LogP contribution >= 0.6 is 0 Å². The summed E-state index contributed by atoms with van der Waals surface area (Å²) in [5.41, 5.74) is 2.79. The van der Waals surface area contributed by atoms with Crippen molar-refractivity contribution in [2.24, 2.45) is 5.92 Å². The maximum atomic E-state index is 12.2. The average Bonchev–Trinajstić information content (AvgIpc) is 2.65. The second-order valence-electron chi connectivity index (χ2n) is 7.72. The number of rotatable bonds is 8. The van der Waals surface area contributed by atoms with E-state index in [9.17, 15) is 9.59 Å². The van der Waals surface area contributed by atoms with Crippen LogP contribution in [0.3, 0.4) is 0 Å². The van der Waals surface area contributed by atoms with Crippen LogP contribution in [0, 0.1) is 19.8 Å². The number of hydrogen-bond acceptors (Lipinski definition) is 4. The van der Waals surface area contributed by atoms with Gasteiger partial charge in [-0.05, 0) is 49.4 Å². The fourth-order valence-electron chi connectivity index (χ4n) is 3.29. The molecule has 1 unspecified atom stereocenters. The summed E-state index contributed by atoms with van der Waals surface area (Å²) in [4.78, 5) is 26.8. The molecule has 0 bridgehead atoms. The molecule has 2 rings (SSSR count). The maximum absolute atomic E-state index is 12.2. The predicted molar refractivity (Wildman–Crippen MR) is 107 cm³/mol. The zero-order valence-electron chi connectivity index (χ0n) is 17.0. The number of carbonyl (C=O) groups is 2. The molecule has 1 fully saturated rings. The van der Waals surface area contributed by atoms with Crippen molar-refractivity contribution in [2.75, 3.05) is 39.4 Å². The van der Waals surface area contributed by atoms with Crippen LogP contribution in [0.25, 0.3) is 0 Å². The van der Waals surface area contributed by atoms with Crippen LogP contribution in [-0.4, -0.2) is 62.1 Å². The number of nitrogens with one attached hydrogen (secondary N) is 2. The van der Waals surface area contributed by atoms with E-state index in [4.69, 9.17) is 4.74 Å². The van der Waals surface area contributed by atoms with Gasteiger partial charge in [0.1, 0.15) is 0 Å². The SMILES string of the molecule is Cc1ccc(C(=O)NCC(=O)NCC(CC(C)C)N2CCOCC2)cc1C. The standard InChI is InChI=1S/C21H33N3O3/c1-15(2)11-19(24-7-9-27-10-8-24)13-22-20(25)14-23-21(26)18-6-5-16(3)17(4)12-18/h5-6,12,15,19H,7-11,13-14H2,1-4H3,(H,22,25)(H,23,26). The minimum atomic E-state index is -0.222. The van der Waals surface area contributed by atoms with Gasteiger partial charge in [-0.3, -0.25) is 14.5 Å². The van der Waals surface area contributed by atoms with Crippen LogP contribution in [0.1, 0.15) is 41.8 Å². The smallest absolute Gasteiger partial charge is 0.251 e. The molecule has 150 valence electrons. The van der Waals surface area contributed by atoms with Gasteiger partial charge in [0.2, 0.25) is 5.91 Å². The Balaban J connectivity index is 1.80. The van der Waals surface area contributed by atoms with Crippen molar-refractivity contribution in [1.82, 2.24) is 15.5 Å². The number of hydrogen-bond donors (Lipinski definition) is 2. The van der Waals surface area contributed by atoms with Gasteiger partial charge < -0.3 is 15.4 Å². The first-order chi connectivity index (χ1) is 12.9. The molecule has 0 aromatic heterocycles. The van der Waals surface area contributed by atoms with E-state index in [0.717, 1.165) is 43.9 Å². The van der Waals surface area contributed by atoms with Crippen molar-refractivity contribution < 1.29 is 14.3 Å². The molecular weight excluding hydrogens is 342 g/mol. The Labute approximate surface area is 162 Å². The zero-order chi connectivity index (χ0) is 19.8. The molecule has 1 aliphatic rings. The Morgan fingerprint density at radius 1 is 1.11 bits per heavy atom. The van der Waals surface area contributed by atoms with Crippen LogP contribution in [0.5, 0.6) is 0 Å². The second kappa shape index (κ2) is 10.4. The summed E-state index contributed by atoms with van der Waals surface area (Å²) in [6.07, 6.45) is 1.02. The lowest BCUT2D eigenvalue weighted by Crippen LogP contribution is -2.50. The summed E-state index contributed by atoms with van der Waals surface area (Å²) in [7, 11) is 0. The maximum Gasteiger partial charge on any atom is 0.251 e. The van der Waals surface area contributed by atoms with E-state index in [1.165, 1.54) is 0 Å². The van der Waals surface area contributed by atoms with Crippen LogP contribution in [0.2, 0.25) is 0 Å². The number of ether oxygens (including phenoxy) is 1. The molecule has 6 heteroatoms. The van der Waals surface area contributed by atoms with E-state index in [-0.39, 0.29) is 18.4 Å². The Kier molecular flexibility index (Phi) is 8.25. The Morgan fingerprint density at radius 3 is 2.44 bits per heavy atom. The summed E-state index contributed by atoms with van der Waals surface area (Å²) in [6, 6.07) is 5.85. The molecule has 1 aliphatic heterocycles. The van der Waals surface area contributed by atoms with E-state index >= 15 is 0 Å². The van der Waals surface area contributed by atoms with Crippen LogP contribution < -0.4 is 10.6 Å². The molecule has 0 saturated carbocycles. The lowest BCUT2D eigenvalue weighted by Gasteiger charge is -2.35. The first-order valence-corrected chi connectivity index (χ1v) is 9.80. The van der Waals surface area contributed by atoms with E-state index in [1.54, 1.807) is 6.07 Å². The zero-order valence-corrected chi connectivity index (χ0v) is 17.0. The lowest BCUT2D eigenvalue weighted by molar-refractivity contribution is -0.120. The van der Waals surface area contributed by atoms with Crippen molar-refractivity contribution in [1.29, 1.82) is 0 Å². The molecule has 1 aromatic rings. The monoisotopic (exact) mass is 375 g/mol. The van der Waals surface area contributed by atoms with Crippen molar-refractivity contribution in [3.05, 3.63) is 34.9 Å². The van der Waals surface area contributed by atoms with Gasteiger partial charge in [0, 0.05) is 31.2 Å². The number of aryl methyl sites for hydroxylation is 2. The van der Waals surface area contributed by atoms with Crippen molar-refractivity contribution in [3.63, 3.8) is 0 Å². The van der Waals surface area contributed by atoms with Gasteiger partial charge in [-0.15, -0.1) is 0 Å². The van der Waals surface area contributed by atoms with Gasteiger partial charge >= 0.3 is 0 Å². The van der Waals surface area contributed by atoms with Crippen LogP contribution in [0.4, 0.5) is 0 Å². The summed E-state index contributed by atoms with van der Waals surface area (Å²) < 4.78 is 5.43. The normalized spacial score (nSPS) is 16.2. The van der Waals surface area contributed by atoms with Crippen LogP contribution in [-0.2, 0) is 9.53 Å². The average molecular weight is 376 g/mol. The number of morpholine rings is 1. The van der Waals surface area contributed by atoms with Gasteiger partial charge in [0.15, 0.2) is 0 Å². The van der Waals surface area contributed by atoms with E-state index in [2.05, 4.69) is 29.4 Å². The first kappa shape index (κ1) is 21.4. The lowest BCUT2D eigenvalue weighted by atomic mass is 10.0. The topological polar surface area (TPSA) is 70.7 Å². The number of benzene rings is 1. The molecular formula is C21H33N3O3. The minimum absolute atomic E-state index is 0.0106. The fraction of sp³-hybridized carbons (Fsp3) is 0.619. The molecule has 1 atom stereocenters. The third-order valence-corrected chi connectivity index (χ3v) is 5.02. The molecule has 6 nitrogen and oxygen atoms in total. The number of carbonyl (C=O) groups excluding carboxylic acids is 2. The summed E-state index contributed by atoms with van der Waals surface area (Å²) in [5.74, 6) is 0.175. The Morgan fingerprint density at radius 2 is 1.81 bits per heavy atom. The molecule has 1 heterocycles. The molecule has 27 heavy (non-hydrogen) atoms. The minimum Gasteiger partial charge on any atom is -0.379 e. The second-order valence-corrected chi connectivity index (χ2v) is 7.72. The highest BCUT2D eigenvalue weighted by molar-refractivity contribution is 5.96. The third kappa shape index (κ3) is 6.96. The van der Waals surface area contributed by atoms with E-state index in [1.807, 2.05) is 26.0 Å². The summed E-state index contributed by atoms with van der Waals surface area (Å²) >= 11 is 0. The number of amides is 2. The highest BCUT2D eigenvalue weighted by Gasteiger charge is 2.22. The third-order valence-electron chi connectivity index (χ3n) is 5.02. The Bertz CT molecular complexity index is 640. The van der Waals surface area contributed by atoms with E-state index < -0.39 is 0 Å². The van der Waals surface area contributed by atoms with Gasteiger partial charge in [-0.1, -0.05) is 19.9 Å². The van der Waals surface area contributed by atoms with Crippen molar-refractivity contribution >= 4 is 11.8 Å². The molecule has 0 radical (unpaired) electrons. The fourth-order valence-corrected chi connectivity index (χ4v) is 3.29. The molecule has 0 spiro atoms. The molecule has 0 aliphatic carbocycles. The predicted octanol–water partition coefficient (Wildman–Crippen LogP) is 1.90. The number of nitrogens with zero attached hydrogens (tertiary/aromatic N) is 1. The van der Waals surface area contributed by atoms with Crippen LogP contribution in [0.15, 0.2) is 18.2 Å². The highest BCUT2D eigenvalue weighted by atomic mass is 16.5. The summed E-state index contributed by atoms with van der Waals surface area (Å²) in [5, 5.41) is 5.68. The highest BCUT2D eigenvalue weighted by Crippen LogP contribution is 2.13. The van der Waals surface area contributed by atoms with Crippen molar-refractivity contribution in [2.45, 2.75) is 40.2 Å². The summed E-state index contributed by atoms with van der Waals surface area (Å²) in [6.45, 7) is 12.2. The molecule has 2 N–H and O–H groups in total. The van der Waals surface area contributed by atoms with Gasteiger partial charge in [0.05, 0.1) is 19.8 Å². The van der Waals surface area contributed by atoms with Gasteiger partial charge in [-0.25, -0.2) is 0 Å². The molecule has 2 amide bonds. The first-order valence-electron chi connectivity index (χ1n) is 9.80. The molecule has 1 saturated heterocycles. The largest absolute Gasteiger partial charge is 0.379 e. The van der Waals surface area contributed by atoms with Crippen molar-refractivity contribution in [3.8, 4) is 0 Å². The van der Waals surface area contributed by atoms with E-state index in [0.29, 0.717) is 24.1 Å². The Hall–Kier alpha value is -1.92. The molecule has 1 aromatic carbocycles. The van der Waals surface area contributed by atoms with Gasteiger partial charge in [-0.2, -0.15) is 0 Å².